The molecule has 0 aromatic rings. The standard InChI is InChI=1S/C13H27N3O/c1-10(2)12(14)13(17)16(4)9-11-6-5-7-15(3)8-11/h10-12H,5-9,14H2,1-4H3/t11-,12+/m1/s1. The minimum absolute atomic E-state index is 0.0771. The molecule has 1 rings (SSSR count). The normalized spacial score (nSPS) is 23.8. The van der Waals surface area contributed by atoms with Crippen molar-refractivity contribution < 1.29 is 4.79 Å². The molecule has 2 N–H and O–H groups in total. The molecule has 0 bridgehead atoms. The average molecular weight is 241 g/mol. The highest BCUT2D eigenvalue weighted by Crippen LogP contribution is 2.16. The quantitative estimate of drug-likeness (QED) is 0.791. The lowest BCUT2D eigenvalue weighted by Gasteiger charge is -2.33. The summed E-state index contributed by atoms with van der Waals surface area (Å²) in [6.45, 7) is 7.09. The van der Waals surface area contributed by atoms with Crippen LogP contribution in [-0.2, 0) is 4.79 Å². The molecule has 2 atom stereocenters. The van der Waals surface area contributed by atoms with Gasteiger partial charge >= 0.3 is 0 Å². The fourth-order valence-corrected chi connectivity index (χ4v) is 2.44. The van der Waals surface area contributed by atoms with Crippen molar-refractivity contribution in [3.8, 4) is 0 Å². The zero-order valence-corrected chi connectivity index (χ0v) is 11.6. The molecule has 0 radical (unpaired) electrons. The van der Waals surface area contributed by atoms with E-state index in [9.17, 15) is 4.79 Å². The highest BCUT2D eigenvalue weighted by atomic mass is 16.2. The molecule has 0 aromatic heterocycles. The molecule has 0 aliphatic carbocycles. The first-order chi connectivity index (χ1) is 7.91. The number of carbonyl (C=O) groups excluding carboxylic acids is 1. The van der Waals surface area contributed by atoms with E-state index in [0.717, 1.165) is 13.1 Å². The van der Waals surface area contributed by atoms with Crippen molar-refractivity contribution in [1.29, 1.82) is 0 Å². The van der Waals surface area contributed by atoms with Gasteiger partial charge in [-0.1, -0.05) is 13.8 Å². The zero-order chi connectivity index (χ0) is 13.0. The highest BCUT2D eigenvalue weighted by molar-refractivity contribution is 5.81. The number of carbonyl (C=O) groups is 1. The summed E-state index contributed by atoms with van der Waals surface area (Å²) in [4.78, 5) is 16.2. The summed E-state index contributed by atoms with van der Waals surface area (Å²) in [6.07, 6.45) is 2.46. The number of likely N-dealkylation sites (tertiary alicyclic amines) is 1. The van der Waals surface area contributed by atoms with Crippen molar-refractivity contribution in [2.75, 3.05) is 33.7 Å². The van der Waals surface area contributed by atoms with Crippen LogP contribution in [0.15, 0.2) is 0 Å². The van der Waals surface area contributed by atoms with Crippen molar-refractivity contribution in [3.63, 3.8) is 0 Å². The highest BCUT2D eigenvalue weighted by Gasteiger charge is 2.24. The summed E-state index contributed by atoms with van der Waals surface area (Å²) in [6, 6.07) is -0.360. The Balaban J connectivity index is 2.42. The van der Waals surface area contributed by atoms with Crippen LogP contribution in [0.1, 0.15) is 26.7 Å². The van der Waals surface area contributed by atoms with Crippen LogP contribution < -0.4 is 5.73 Å². The van der Waals surface area contributed by atoms with Gasteiger partial charge in [0.2, 0.25) is 5.91 Å². The van der Waals surface area contributed by atoms with Gasteiger partial charge in [-0.25, -0.2) is 0 Å². The molecular formula is C13H27N3O. The van der Waals surface area contributed by atoms with Gasteiger partial charge in [0.1, 0.15) is 0 Å². The Hall–Kier alpha value is -0.610. The van der Waals surface area contributed by atoms with Gasteiger partial charge in [-0.15, -0.1) is 0 Å². The predicted octanol–water partition coefficient (Wildman–Crippen LogP) is 0.770. The second-order valence-electron chi connectivity index (χ2n) is 5.76. The molecule has 0 saturated carbocycles. The molecule has 1 fully saturated rings. The lowest BCUT2D eigenvalue weighted by Crippen LogP contribution is -2.47. The lowest BCUT2D eigenvalue weighted by atomic mass is 9.97. The minimum atomic E-state index is -0.360. The van der Waals surface area contributed by atoms with Crippen LogP contribution in [0.3, 0.4) is 0 Å². The Labute approximate surface area is 105 Å². The number of hydrogen-bond acceptors (Lipinski definition) is 3. The SMILES string of the molecule is CC(C)[C@H](N)C(=O)N(C)C[C@@H]1CCCN(C)C1. The van der Waals surface area contributed by atoms with Gasteiger partial charge in [-0.3, -0.25) is 4.79 Å². The maximum Gasteiger partial charge on any atom is 0.239 e. The Bertz CT molecular complexity index is 255. The van der Waals surface area contributed by atoms with Crippen LogP contribution in [0.4, 0.5) is 0 Å². The van der Waals surface area contributed by atoms with Crippen LogP contribution >= 0.6 is 0 Å². The summed E-state index contributed by atoms with van der Waals surface area (Å²) in [7, 11) is 4.02. The van der Waals surface area contributed by atoms with Crippen LogP contribution in [0.25, 0.3) is 0 Å². The third-order valence-electron chi connectivity index (χ3n) is 3.63. The van der Waals surface area contributed by atoms with E-state index in [1.807, 2.05) is 25.8 Å². The van der Waals surface area contributed by atoms with Gasteiger partial charge < -0.3 is 15.5 Å². The number of nitrogens with zero attached hydrogens (tertiary/aromatic N) is 2. The van der Waals surface area contributed by atoms with Crippen LogP contribution in [0.5, 0.6) is 0 Å². The van der Waals surface area contributed by atoms with Gasteiger partial charge in [0, 0.05) is 20.1 Å². The van der Waals surface area contributed by atoms with E-state index in [1.165, 1.54) is 19.4 Å². The average Bonchev–Trinajstić information content (AvgIpc) is 2.26. The fourth-order valence-electron chi connectivity index (χ4n) is 2.44. The number of piperidine rings is 1. The molecule has 1 amide bonds. The summed E-state index contributed by atoms with van der Waals surface area (Å²) in [5, 5.41) is 0. The Morgan fingerprint density at radius 3 is 2.71 bits per heavy atom. The second-order valence-corrected chi connectivity index (χ2v) is 5.76. The maximum atomic E-state index is 12.0. The van der Waals surface area contributed by atoms with Gasteiger partial charge in [-0.2, -0.15) is 0 Å². The number of hydrogen-bond donors (Lipinski definition) is 1. The maximum absolute atomic E-state index is 12.0. The summed E-state index contributed by atoms with van der Waals surface area (Å²) in [5.74, 6) is 0.884. The first-order valence-corrected chi connectivity index (χ1v) is 6.61. The monoisotopic (exact) mass is 241 g/mol. The second kappa shape index (κ2) is 6.36. The van der Waals surface area contributed by atoms with Gasteiger partial charge in [0.05, 0.1) is 6.04 Å². The zero-order valence-electron chi connectivity index (χ0n) is 11.6. The number of rotatable bonds is 4. The van der Waals surface area contributed by atoms with Crippen LogP contribution in [0, 0.1) is 11.8 Å². The molecule has 0 spiro atoms. The summed E-state index contributed by atoms with van der Waals surface area (Å²) < 4.78 is 0. The molecule has 1 saturated heterocycles. The smallest absolute Gasteiger partial charge is 0.239 e. The molecule has 0 unspecified atom stereocenters. The molecule has 1 heterocycles. The molecule has 0 aromatic carbocycles. The first-order valence-electron chi connectivity index (χ1n) is 6.61. The Morgan fingerprint density at radius 2 is 2.18 bits per heavy atom. The van der Waals surface area contributed by atoms with Gasteiger partial charge in [0.25, 0.3) is 0 Å². The van der Waals surface area contributed by atoms with Crippen LogP contribution in [0.2, 0.25) is 0 Å². The van der Waals surface area contributed by atoms with Gasteiger partial charge in [-0.05, 0) is 38.3 Å². The Kier molecular flexibility index (Phi) is 5.40. The van der Waals surface area contributed by atoms with E-state index in [-0.39, 0.29) is 17.9 Å². The van der Waals surface area contributed by atoms with Crippen molar-refractivity contribution in [2.45, 2.75) is 32.7 Å². The first kappa shape index (κ1) is 14.5. The number of likely N-dealkylation sites (N-methyl/N-ethyl adjacent to an activating group) is 1. The van der Waals surface area contributed by atoms with Crippen molar-refractivity contribution >= 4 is 5.91 Å². The van der Waals surface area contributed by atoms with E-state index >= 15 is 0 Å². The largest absolute Gasteiger partial charge is 0.344 e. The molecule has 4 heteroatoms. The topological polar surface area (TPSA) is 49.6 Å². The molecule has 1 aliphatic rings. The fraction of sp³-hybridized carbons (Fsp3) is 0.923. The molecule has 17 heavy (non-hydrogen) atoms. The molecule has 1 aliphatic heterocycles. The van der Waals surface area contributed by atoms with Crippen molar-refractivity contribution in [2.24, 2.45) is 17.6 Å². The van der Waals surface area contributed by atoms with Gasteiger partial charge in [0.15, 0.2) is 0 Å². The lowest BCUT2D eigenvalue weighted by molar-refractivity contribution is -0.133. The van der Waals surface area contributed by atoms with E-state index in [1.54, 1.807) is 0 Å². The summed E-state index contributed by atoms with van der Waals surface area (Å²) in [5.41, 5.74) is 5.89. The van der Waals surface area contributed by atoms with E-state index in [0.29, 0.717) is 5.92 Å². The predicted molar refractivity (Wildman–Crippen MR) is 70.7 cm³/mol. The number of amides is 1. The molecule has 100 valence electrons. The minimum Gasteiger partial charge on any atom is -0.344 e. The Morgan fingerprint density at radius 1 is 1.53 bits per heavy atom. The number of nitrogens with two attached hydrogens (primary N) is 1. The third-order valence-corrected chi connectivity index (χ3v) is 3.63. The van der Waals surface area contributed by atoms with E-state index < -0.39 is 0 Å². The van der Waals surface area contributed by atoms with E-state index in [4.69, 9.17) is 5.73 Å². The third kappa shape index (κ3) is 4.28. The van der Waals surface area contributed by atoms with E-state index in [2.05, 4.69) is 11.9 Å². The summed E-state index contributed by atoms with van der Waals surface area (Å²) >= 11 is 0. The van der Waals surface area contributed by atoms with Crippen LogP contribution in [-0.4, -0.2) is 55.5 Å². The molecular weight excluding hydrogens is 214 g/mol. The molecule has 4 nitrogen and oxygen atoms in total. The van der Waals surface area contributed by atoms with Crippen molar-refractivity contribution in [3.05, 3.63) is 0 Å². The van der Waals surface area contributed by atoms with Crippen molar-refractivity contribution in [1.82, 2.24) is 9.80 Å².